The Balaban J connectivity index is 1.38. The van der Waals surface area contributed by atoms with E-state index in [0.29, 0.717) is 47.6 Å². The number of nitrogens with one attached hydrogen (secondary N) is 3. The first-order valence-corrected chi connectivity index (χ1v) is 13.0. The standard InChI is InChI=1S/C29H31FN6O4/c1-29(27(37)31-14-6-16-38-2)17-39-26(40-18-29)25-35-23(19-9-11-20(30)12-10-19)24(36-25)22-13-15-32-28(34-22)33-21-7-4-3-5-8-21/h3-5,7-13,15,26H,6,14,16-18H2,1-2H3,(H,31,37)(H,35,36)(H,32,33,34). The third-order valence-corrected chi connectivity index (χ3v) is 6.47. The number of methoxy groups -OCH3 is 1. The third kappa shape index (κ3) is 6.33. The molecule has 40 heavy (non-hydrogen) atoms. The van der Waals surface area contributed by atoms with Crippen LogP contribution in [0.5, 0.6) is 0 Å². The maximum atomic E-state index is 13.7. The van der Waals surface area contributed by atoms with Gasteiger partial charge in [0.15, 0.2) is 5.82 Å². The zero-order valence-corrected chi connectivity index (χ0v) is 22.3. The number of nitrogens with zero attached hydrogens (tertiary/aromatic N) is 3. The summed E-state index contributed by atoms with van der Waals surface area (Å²) in [7, 11) is 1.62. The average Bonchev–Trinajstić information content (AvgIpc) is 3.42. The maximum absolute atomic E-state index is 13.7. The maximum Gasteiger partial charge on any atom is 0.230 e. The van der Waals surface area contributed by atoms with Crippen LogP contribution < -0.4 is 10.6 Å². The molecule has 0 atom stereocenters. The van der Waals surface area contributed by atoms with Gasteiger partial charge < -0.3 is 29.8 Å². The first-order valence-electron chi connectivity index (χ1n) is 13.0. The van der Waals surface area contributed by atoms with Crippen LogP contribution in [0.4, 0.5) is 16.0 Å². The zero-order chi connectivity index (χ0) is 28.0. The van der Waals surface area contributed by atoms with Crippen LogP contribution in [0.15, 0.2) is 66.9 Å². The summed E-state index contributed by atoms with van der Waals surface area (Å²) in [6, 6.07) is 17.4. The van der Waals surface area contributed by atoms with Gasteiger partial charge in [0, 0.05) is 37.7 Å². The van der Waals surface area contributed by atoms with E-state index in [1.807, 2.05) is 30.3 Å². The molecule has 0 bridgehead atoms. The van der Waals surface area contributed by atoms with Gasteiger partial charge in [-0.25, -0.2) is 19.3 Å². The van der Waals surface area contributed by atoms with Crippen molar-refractivity contribution in [1.29, 1.82) is 0 Å². The van der Waals surface area contributed by atoms with Gasteiger partial charge >= 0.3 is 0 Å². The second-order valence-corrected chi connectivity index (χ2v) is 9.73. The molecule has 0 aliphatic carbocycles. The number of benzene rings is 2. The first kappa shape index (κ1) is 27.4. The molecule has 1 amide bonds. The summed E-state index contributed by atoms with van der Waals surface area (Å²) >= 11 is 0. The SMILES string of the molecule is COCCCNC(=O)C1(C)COC(c2nc(-c3ccc(F)cc3)c(-c3ccnc(Nc4ccccc4)n3)[nH]2)OC1. The molecule has 0 unspecified atom stereocenters. The van der Waals surface area contributed by atoms with Gasteiger partial charge in [0.25, 0.3) is 0 Å². The largest absolute Gasteiger partial charge is 0.385 e. The second kappa shape index (κ2) is 12.3. The molecule has 1 aliphatic heterocycles. The first-order chi connectivity index (χ1) is 19.4. The zero-order valence-electron chi connectivity index (χ0n) is 22.3. The Hall–Kier alpha value is -4.19. The molecule has 3 heterocycles. The van der Waals surface area contributed by atoms with Crippen molar-refractivity contribution < 1.29 is 23.4 Å². The Labute approximate surface area is 231 Å². The number of H-pyrrole nitrogens is 1. The number of carbonyl (C=O) groups excluding carboxylic acids is 1. The molecule has 1 saturated heterocycles. The molecule has 2 aromatic heterocycles. The summed E-state index contributed by atoms with van der Waals surface area (Å²) in [5.74, 6) is 0.320. The molecule has 0 spiro atoms. The van der Waals surface area contributed by atoms with Crippen LogP contribution in [-0.4, -0.2) is 59.3 Å². The van der Waals surface area contributed by atoms with Crippen molar-refractivity contribution in [3.8, 4) is 22.6 Å². The highest BCUT2D eigenvalue weighted by atomic mass is 19.1. The fourth-order valence-corrected chi connectivity index (χ4v) is 4.24. The molecule has 0 radical (unpaired) electrons. The summed E-state index contributed by atoms with van der Waals surface area (Å²) in [5.41, 5.74) is 2.41. The number of para-hydroxylation sites is 1. The van der Waals surface area contributed by atoms with Crippen LogP contribution in [0, 0.1) is 11.2 Å². The summed E-state index contributed by atoms with van der Waals surface area (Å²) < 4.78 is 30.7. The number of hydrogen-bond donors (Lipinski definition) is 3. The van der Waals surface area contributed by atoms with Gasteiger partial charge in [-0.05, 0) is 55.8 Å². The molecule has 3 N–H and O–H groups in total. The van der Waals surface area contributed by atoms with Crippen LogP contribution in [0.25, 0.3) is 22.6 Å². The Morgan fingerprint density at radius 2 is 1.85 bits per heavy atom. The van der Waals surface area contributed by atoms with Gasteiger partial charge in [0.05, 0.1) is 35.7 Å². The smallest absolute Gasteiger partial charge is 0.230 e. The minimum Gasteiger partial charge on any atom is -0.385 e. The van der Waals surface area contributed by atoms with Crippen LogP contribution in [-0.2, 0) is 19.0 Å². The second-order valence-electron chi connectivity index (χ2n) is 9.73. The topological polar surface area (TPSA) is 123 Å². The van der Waals surface area contributed by atoms with E-state index in [1.165, 1.54) is 12.1 Å². The number of anilines is 2. The van der Waals surface area contributed by atoms with E-state index >= 15 is 0 Å². The number of rotatable bonds is 10. The highest BCUT2D eigenvalue weighted by molar-refractivity contribution is 5.82. The van der Waals surface area contributed by atoms with Crippen molar-refractivity contribution in [3.63, 3.8) is 0 Å². The molecule has 1 aliphatic rings. The molecule has 5 rings (SSSR count). The fourth-order valence-electron chi connectivity index (χ4n) is 4.24. The number of ether oxygens (including phenoxy) is 3. The molecule has 10 nitrogen and oxygen atoms in total. The van der Waals surface area contributed by atoms with Crippen molar-refractivity contribution in [1.82, 2.24) is 25.3 Å². The lowest BCUT2D eigenvalue weighted by atomic mass is 9.91. The molecule has 208 valence electrons. The normalized spacial score (nSPS) is 18.8. The molecular formula is C29H31FN6O4. The van der Waals surface area contributed by atoms with Crippen molar-refractivity contribution in [2.75, 3.05) is 38.8 Å². The van der Waals surface area contributed by atoms with E-state index in [-0.39, 0.29) is 24.9 Å². The van der Waals surface area contributed by atoms with E-state index in [2.05, 4.69) is 25.6 Å². The van der Waals surface area contributed by atoms with E-state index in [0.717, 1.165) is 12.1 Å². The minimum atomic E-state index is -0.844. The number of imidazole rings is 1. The van der Waals surface area contributed by atoms with E-state index in [1.54, 1.807) is 38.4 Å². The lowest BCUT2D eigenvalue weighted by molar-refractivity contribution is -0.231. The van der Waals surface area contributed by atoms with Crippen molar-refractivity contribution in [2.24, 2.45) is 5.41 Å². The van der Waals surface area contributed by atoms with Crippen LogP contribution >= 0.6 is 0 Å². The van der Waals surface area contributed by atoms with Crippen LogP contribution in [0.1, 0.15) is 25.5 Å². The monoisotopic (exact) mass is 546 g/mol. The van der Waals surface area contributed by atoms with E-state index in [9.17, 15) is 9.18 Å². The predicted octanol–water partition coefficient (Wildman–Crippen LogP) is 4.62. The molecule has 11 heteroatoms. The summed E-state index contributed by atoms with van der Waals surface area (Å²) in [6.45, 7) is 3.17. The predicted molar refractivity (Wildman–Crippen MR) is 147 cm³/mol. The number of halogens is 1. The van der Waals surface area contributed by atoms with Crippen LogP contribution in [0.3, 0.4) is 0 Å². The van der Waals surface area contributed by atoms with Gasteiger partial charge in [-0.3, -0.25) is 4.79 Å². The Morgan fingerprint density at radius 1 is 1.10 bits per heavy atom. The molecule has 2 aromatic carbocycles. The van der Waals surface area contributed by atoms with Crippen molar-refractivity contribution in [3.05, 3.63) is 78.5 Å². The summed E-state index contributed by atoms with van der Waals surface area (Å²) in [4.78, 5) is 29.8. The Morgan fingerprint density at radius 3 is 2.58 bits per heavy atom. The number of hydrogen-bond acceptors (Lipinski definition) is 8. The lowest BCUT2D eigenvalue weighted by Crippen LogP contribution is -2.48. The van der Waals surface area contributed by atoms with Crippen LogP contribution in [0.2, 0.25) is 0 Å². The Bertz CT molecular complexity index is 1420. The highest BCUT2D eigenvalue weighted by Gasteiger charge is 2.40. The number of aromatic amines is 1. The lowest BCUT2D eigenvalue weighted by Gasteiger charge is -2.35. The van der Waals surface area contributed by atoms with Gasteiger partial charge in [-0.1, -0.05) is 18.2 Å². The molecule has 1 fully saturated rings. The third-order valence-electron chi connectivity index (χ3n) is 6.47. The Kier molecular flexibility index (Phi) is 8.44. The van der Waals surface area contributed by atoms with Gasteiger partial charge in [-0.15, -0.1) is 0 Å². The number of amides is 1. The van der Waals surface area contributed by atoms with Gasteiger partial charge in [0.1, 0.15) is 5.82 Å². The summed E-state index contributed by atoms with van der Waals surface area (Å²) in [6.07, 6.45) is 1.54. The minimum absolute atomic E-state index is 0.145. The fraction of sp³-hybridized carbons (Fsp3) is 0.310. The summed E-state index contributed by atoms with van der Waals surface area (Å²) in [5, 5.41) is 6.10. The van der Waals surface area contributed by atoms with E-state index < -0.39 is 11.7 Å². The van der Waals surface area contributed by atoms with Gasteiger partial charge in [0.2, 0.25) is 18.1 Å². The van der Waals surface area contributed by atoms with Crippen molar-refractivity contribution in [2.45, 2.75) is 19.6 Å². The quantitative estimate of drug-likeness (QED) is 0.246. The van der Waals surface area contributed by atoms with E-state index in [4.69, 9.17) is 19.2 Å². The molecule has 0 saturated carbocycles. The van der Waals surface area contributed by atoms with Crippen molar-refractivity contribution >= 4 is 17.5 Å². The number of aromatic nitrogens is 4. The molecule has 4 aromatic rings. The average molecular weight is 547 g/mol. The molecular weight excluding hydrogens is 515 g/mol. The highest BCUT2D eigenvalue weighted by Crippen LogP contribution is 2.35. The van der Waals surface area contributed by atoms with Gasteiger partial charge in [-0.2, -0.15) is 0 Å². The number of carbonyl (C=O) groups is 1.